The highest BCUT2D eigenvalue weighted by atomic mass is 32.2. The molecule has 22 heavy (non-hydrogen) atoms. The number of likely N-dealkylation sites (N-methyl/N-ethyl adjacent to an activating group) is 1. The van der Waals surface area contributed by atoms with Gasteiger partial charge in [0.05, 0.1) is 12.9 Å². The van der Waals surface area contributed by atoms with Crippen LogP contribution in [0.5, 0.6) is 0 Å². The van der Waals surface area contributed by atoms with Crippen molar-refractivity contribution in [1.82, 2.24) is 14.1 Å². The molecule has 0 bridgehead atoms. The number of carbonyl (C=O) groups is 1. The Morgan fingerprint density at radius 2 is 1.95 bits per heavy atom. The molecule has 1 unspecified atom stereocenters. The van der Waals surface area contributed by atoms with Gasteiger partial charge in [-0.1, -0.05) is 0 Å². The number of sulfonamides is 1. The summed E-state index contributed by atoms with van der Waals surface area (Å²) in [5.41, 5.74) is -0.237. The van der Waals surface area contributed by atoms with E-state index in [2.05, 4.69) is 4.90 Å². The van der Waals surface area contributed by atoms with E-state index in [-0.39, 0.29) is 11.4 Å². The van der Waals surface area contributed by atoms with Gasteiger partial charge in [0.2, 0.25) is 15.9 Å². The second-order valence-corrected chi connectivity index (χ2v) is 8.35. The summed E-state index contributed by atoms with van der Waals surface area (Å²) < 4.78 is 30.4. The topological polar surface area (TPSA) is 70.2 Å². The van der Waals surface area contributed by atoms with Crippen LogP contribution in [0.3, 0.4) is 0 Å². The number of hydrogen-bond acceptors (Lipinski definition) is 5. The van der Waals surface area contributed by atoms with Crippen LogP contribution in [0.25, 0.3) is 0 Å². The van der Waals surface area contributed by atoms with Gasteiger partial charge in [-0.3, -0.25) is 9.69 Å². The van der Waals surface area contributed by atoms with Crippen molar-refractivity contribution in [3.63, 3.8) is 0 Å². The molecule has 0 aromatic rings. The Morgan fingerprint density at radius 1 is 1.23 bits per heavy atom. The fourth-order valence-electron chi connectivity index (χ4n) is 3.38. The van der Waals surface area contributed by atoms with Gasteiger partial charge in [0.1, 0.15) is 0 Å². The SMILES string of the molecule is COCCN1CCC2(CCC1=O)CN(S(C)(=O)=O)CCN2C. The maximum atomic E-state index is 12.3. The molecule has 0 radical (unpaired) electrons. The quantitative estimate of drug-likeness (QED) is 0.700. The van der Waals surface area contributed by atoms with Gasteiger partial charge in [-0.25, -0.2) is 8.42 Å². The predicted molar refractivity (Wildman–Crippen MR) is 84.1 cm³/mol. The molecule has 0 aromatic heterocycles. The smallest absolute Gasteiger partial charge is 0.222 e. The molecule has 2 saturated heterocycles. The minimum Gasteiger partial charge on any atom is -0.383 e. The van der Waals surface area contributed by atoms with Gasteiger partial charge in [-0.15, -0.1) is 0 Å². The van der Waals surface area contributed by atoms with Crippen LogP contribution >= 0.6 is 0 Å². The summed E-state index contributed by atoms with van der Waals surface area (Å²) in [5, 5.41) is 0. The lowest BCUT2D eigenvalue weighted by Crippen LogP contribution is -2.62. The maximum Gasteiger partial charge on any atom is 0.222 e. The van der Waals surface area contributed by atoms with Crippen LogP contribution in [0.1, 0.15) is 19.3 Å². The number of carbonyl (C=O) groups excluding carboxylic acids is 1. The van der Waals surface area contributed by atoms with E-state index in [4.69, 9.17) is 4.74 Å². The van der Waals surface area contributed by atoms with Gasteiger partial charge in [0, 0.05) is 51.8 Å². The largest absolute Gasteiger partial charge is 0.383 e. The summed E-state index contributed by atoms with van der Waals surface area (Å²) in [6.07, 6.45) is 3.23. The molecule has 0 aliphatic carbocycles. The van der Waals surface area contributed by atoms with Crippen LogP contribution in [0, 0.1) is 0 Å². The first-order chi connectivity index (χ1) is 10.3. The first kappa shape index (κ1) is 17.7. The Bertz CT molecular complexity index is 510. The molecule has 2 aliphatic heterocycles. The first-order valence-electron chi connectivity index (χ1n) is 7.71. The zero-order valence-corrected chi connectivity index (χ0v) is 14.6. The zero-order chi connectivity index (χ0) is 16.4. The van der Waals surface area contributed by atoms with Gasteiger partial charge < -0.3 is 9.64 Å². The van der Waals surface area contributed by atoms with Crippen LogP contribution in [0.15, 0.2) is 0 Å². The van der Waals surface area contributed by atoms with Gasteiger partial charge in [0.25, 0.3) is 0 Å². The van der Waals surface area contributed by atoms with E-state index < -0.39 is 10.0 Å². The number of piperazine rings is 1. The third-order valence-electron chi connectivity index (χ3n) is 5.00. The summed E-state index contributed by atoms with van der Waals surface area (Å²) in [6, 6.07) is 0. The fourth-order valence-corrected chi connectivity index (χ4v) is 4.27. The third-order valence-corrected chi connectivity index (χ3v) is 6.25. The maximum absolute atomic E-state index is 12.3. The highest BCUT2D eigenvalue weighted by Crippen LogP contribution is 2.32. The molecule has 2 fully saturated rings. The van der Waals surface area contributed by atoms with Crippen molar-refractivity contribution in [2.24, 2.45) is 0 Å². The average Bonchev–Trinajstić information content (AvgIpc) is 2.60. The van der Waals surface area contributed by atoms with Crippen LogP contribution < -0.4 is 0 Å². The fraction of sp³-hybridized carbons (Fsp3) is 0.929. The van der Waals surface area contributed by atoms with Crippen LogP contribution in [0.4, 0.5) is 0 Å². The normalized spacial score (nSPS) is 29.0. The van der Waals surface area contributed by atoms with Crippen molar-refractivity contribution in [3.05, 3.63) is 0 Å². The minimum absolute atomic E-state index is 0.138. The van der Waals surface area contributed by atoms with E-state index in [0.717, 1.165) is 6.42 Å². The summed E-state index contributed by atoms with van der Waals surface area (Å²) in [7, 11) is 0.475. The third kappa shape index (κ3) is 3.79. The molecule has 8 heteroatoms. The lowest BCUT2D eigenvalue weighted by Gasteiger charge is -2.48. The number of rotatable bonds is 4. The zero-order valence-electron chi connectivity index (χ0n) is 13.7. The molecule has 2 heterocycles. The number of likely N-dealkylation sites (tertiary alicyclic amines) is 1. The lowest BCUT2D eigenvalue weighted by atomic mass is 9.87. The summed E-state index contributed by atoms with van der Waals surface area (Å²) in [5.74, 6) is 0.138. The van der Waals surface area contributed by atoms with Crippen molar-refractivity contribution >= 4 is 15.9 Å². The highest BCUT2D eigenvalue weighted by molar-refractivity contribution is 7.88. The molecule has 0 saturated carbocycles. The number of nitrogens with zero attached hydrogens (tertiary/aromatic N) is 3. The van der Waals surface area contributed by atoms with Crippen molar-refractivity contribution in [1.29, 1.82) is 0 Å². The molecule has 0 N–H and O–H groups in total. The van der Waals surface area contributed by atoms with E-state index in [1.807, 2.05) is 11.9 Å². The van der Waals surface area contributed by atoms with E-state index >= 15 is 0 Å². The molecule has 0 aromatic carbocycles. The highest BCUT2D eigenvalue weighted by Gasteiger charge is 2.44. The Balaban J connectivity index is 2.13. The van der Waals surface area contributed by atoms with E-state index in [1.54, 1.807) is 11.4 Å². The van der Waals surface area contributed by atoms with Gasteiger partial charge in [-0.05, 0) is 19.9 Å². The second kappa shape index (κ2) is 6.82. The Kier molecular flexibility index (Phi) is 5.47. The van der Waals surface area contributed by atoms with Crippen molar-refractivity contribution < 1.29 is 17.9 Å². The van der Waals surface area contributed by atoms with Crippen molar-refractivity contribution in [2.45, 2.75) is 24.8 Å². The van der Waals surface area contributed by atoms with Crippen LogP contribution in [-0.2, 0) is 19.6 Å². The molecule has 2 aliphatic rings. The minimum atomic E-state index is -3.19. The molecule has 7 nitrogen and oxygen atoms in total. The van der Waals surface area contributed by atoms with Crippen molar-refractivity contribution in [2.75, 3.05) is 59.7 Å². The standard InChI is InChI=1S/C14H27N3O4S/c1-15-8-9-17(22(3,19)20)12-14(15)5-4-13(18)16(7-6-14)10-11-21-2/h4-12H2,1-3H3. The average molecular weight is 333 g/mol. The van der Waals surface area contributed by atoms with Gasteiger partial charge in [-0.2, -0.15) is 4.31 Å². The predicted octanol–water partition coefficient (Wildman–Crippen LogP) is -0.409. The van der Waals surface area contributed by atoms with E-state index in [0.29, 0.717) is 52.2 Å². The van der Waals surface area contributed by atoms with Crippen LogP contribution in [0.2, 0.25) is 0 Å². The summed E-state index contributed by atoms with van der Waals surface area (Å²) >= 11 is 0. The van der Waals surface area contributed by atoms with Crippen molar-refractivity contribution in [3.8, 4) is 0 Å². The molecule has 2 rings (SSSR count). The van der Waals surface area contributed by atoms with Gasteiger partial charge >= 0.3 is 0 Å². The monoisotopic (exact) mass is 333 g/mol. The summed E-state index contributed by atoms with van der Waals surface area (Å²) in [4.78, 5) is 16.3. The molecule has 128 valence electrons. The number of amides is 1. The number of methoxy groups -OCH3 is 1. The molecule has 1 amide bonds. The lowest BCUT2D eigenvalue weighted by molar-refractivity contribution is -0.131. The van der Waals surface area contributed by atoms with E-state index in [9.17, 15) is 13.2 Å². The second-order valence-electron chi connectivity index (χ2n) is 6.37. The van der Waals surface area contributed by atoms with E-state index in [1.165, 1.54) is 6.26 Å². The Labute approximate surface area is 133 Å². The van der Waals surface area contributed by atoms with Gasteiger partial charge in [0.15, 0.2) is 0 Å². The first-order valence-corrected chi connectivity index (χ1v) is 9.56. The molecular weight excluding hydrogens is 306 g/mol. The summed E-state index contributed by atoms with van der Waals surface area (Å²) in [6.45, 7) is 3.50. The molecule has 1 spiro atoms. The Hall–Kier alpha value is -0.700. The Morgan fingerprint density at radius 3 is 2.59 bits per heavy atom. The number of ether oxygens (including phenoxy) is 1. The molecular formula is C14H27N3O4S. The van der Waals surface area contributed by atoms with Crippen LogP contribution in [-0.4, -0.2) is 93.7 Å². The molecule has 1 atom stereocenters. The number of hydrogen-bond donors (Lipinski definition) is 0.